The third-order valence-electron chi connectivity index (χ3n) is 5.18. The van der Waals surface area contributed by atoms with Crippen LogP contribution in [0, 0.1) is 11.3 Å². The van der Waals surface area contributed by atoms with E-state index >= 15 is 0 Å². The Bertz CT molecular complexity index is 1480. The summed E-state index contributed by atoms with van der Waals surface area (Å²) in [5.41, 5.74) is 4.72. The monoisotopic (exact) mass is 481 g/mol. The Morgan fingerprint density at radius 1 is 1.03 bits per heavy atom. The smallest absolute Gasteiger partial charge is 0.270 e. The van der Waals surface area contributed by atoms with Gasteiger partial charge in [0.15, 0.2) is 11.5 Å². The van der Waals surface area contributed by atoms with Crippen LogP contribution in [0.3, 0.4) is 0 Å². The predicted molar refractivity (Wildman–Crippen MR) is 137 cm³/mol. The van der Waals surface area contributed by atoms with Crippen LogP contribution in [0.5, 0.6) is 17.2 Å². The zero-order valence-corrected chi connectivity index (χ0v) is 19.7. The van der Waals surface area contributed by atoms with Crippen LogP contribution in [-0.2, 0) is 6.61 Å². The number of nitriles is 1. The van der Waals surface area contributed by atoms with Gasteiger partial charge in [-0.3, -0.25) is 9.78 Å². The average molecular weight is 482 g/mol. The van der Waals surface area contributed by atoms with Gasteiger partial charge in [-0.2, -0.15) is 10.4 Å². The van der Waals surface area contributed by atoms with E-state index in [0.717, 1.165) is 16.9 Å². The van der Waals surface area contributed by atoms with E-state index in [2.05, 4.69) is 20.5 Å². The summed E-state index contributed by atoms with van der Waals surface area (Å²) in [7, 11) is 3.18. The second-order valence-corrected chi connectivity index (χ2v) is 7.54. The minimum atomic E-state index is -0.553. The number of rotatable bonds is 9. The molecule has 0 radical (unpaired) electrons. The number of hydrogen-bond donors (Lipinski definition) is 2. The highest BCUT2D eigenvalue weighted by Crippen LogP contribution is 2.29. The number of nitrogens with zero attached hydrogens (tertiary/aromatic N) is 3. The number of nitrogens with one attached hydrogen (secondary N) is 2. The summed E-state index contributed by atoms with van der Waals surface area (Å²) >= 11 is 0. The van der Waals surface area contributed by atoms with Crippen LogP contribution in [0.4, 0.5) is 5.95 Å². The van der Waals surface area contributed by atoms with E-state index in [9.17, 15) is 10.1 Å². The second-order valence-electron chi connectivity index (χ2n) is 7.54. The van der Waals surface area contributed by atoms with Crippen molar-refractivity contribution >= 4 is 12.2 Å². The minimum Gasteiger partial charge on any atom is -0.497 e. The highest BCUT2D eigenvalue weighted by atomic mass is 16.5. The molecule has 180 valence electrons. The van der Waals surface area contributed by atoms with Gasteiger partial charge in [-0.05, 0) is 41.5 Å². The van der Waals surface area contributed by atoms with Gasteiger partial charge < -0.3 is 14.2 Å². The van der Waals surface area contributed by atoms with Crippen LogP contribution in [0.25, 0.3) is 11.3 Å². The van der Waals surface area contributed by atoms with E-state index in [1.54, 1.807) is 44.7 Å². The largest absolute Gasteiger partial charge is 0.497 e. The van der Waals surface area contributed by atoms with Gasteiger partial charge in [0.25, 0.3) is 5.56 Å². The van der Waals surface area contributed by atoms with Crippen molar-refractivity contribution in [2.75, 3.05) is 19.6 Å². The van der Waals surface area contributed by atoms with Gasteiger partial charge in [0.1, 0.15) is 24.0 Å². The number of aromatic amines is 1. The fourth-order valence-corrected chi connectivity index (χ4v) is 3.41. The van der Waals surface area contributed by atoms with Crippen LogP contribution < -0.4 is 25.2 Å². The summed E-state index contributed by atoms with van der Waals surface area (Å²) in [5.74, 6) is 1.99. The Morgan fingerprint density at radius 2 is 1.86 bits per heavy atom. The first-order valence-corrected chi connectivity index (χ1v) is 10.9. The second kappa shape index (κ2) is 11.4. The van der Waals surface area contributed by atoms with Crippen molar-refractivity contribution in [3.05, 3.63) is 99.8 Å². The van der Waals surface area contributed by atoms with Gasteiger partial charge >= 0.3 is 0 Å². The van der Waals surface area contributed by atoms with Gasteiger partial charge in [-0.25, -0.2) is 10.4 Å². The summed E-state index contributed by atoms with van der Waals surface area (Å²) in [5, 5.41) is 13.5. The lowest BCUT2D eigenvalue weighted by Crippen LogP contribution is -2.16. The van der Waals surface area contributed by atoms with Crippen molar-refractivity contribution in [3.63, 3.8) is 0 Å². The molecule has 4 rings (SSSR count). The molecule has 1 heterocycles. The van der Waals surface area contributed by atoms with E-state index in [1.807, 2.05) is 54.6 Å². The lowest BCUT2D eigenvalue weighted by atomic mass is 10.1. The van der Waals surface area contributed by atoms with E-state index in [0.29, 0.717) is 23.7 Å². The fourth-order valence-electron chi connectivity index (χ4n) is 3.41. The van der Waals surface area contributed by atoms with Crippen molar-refractivity contribution < 1.29 is 14.2 Å². The summed E-state index contributed by atoms with van der Waals surface area (Å²) in [6, 6.07) is 23.9. The molecule has 0 saturated carbocycles. The highest BCUT2D eigenvalue weighted by molar-refractivity contribution is 5.81. The van der Waals surface area contributed by atoms with Crippen molar-refractivity contribution in [2.45, 2.75) is 6.61 Å². The summed E-state index contributed by atoms with van der Waals surface area (Å²) < 4.78 is 16.6. The van der Waals surface area contributed by atoms with Gasteiger partial charge in [-0.15, -0.1) is 0 Å². The van der Waals surface area contributed by atoms with E-state index < -0.39 is 5.56 Å². The Balaban J connectivity index is 1.48. The molecule has 0 fully saturated rings. The molecule has 36 heavy (non-hydrogen) atoms. The molecule has 0 spiro atoms. The molecule has 0 bridgehead atoms. The zero-order valence-electron chi connectivity index (χ0n) is 19.7. The number of methoxy groups -OCH3 is 2. The fraction of sp³-hybridized carbons (Fsp3) is 0.111. The lowest BCUT2D eigenvalue weighted by molar-refractivity contribution is 0.284. The van der Waals surface area contributed by atoms with E-state index in [-0.39, 0.29) is 17.2 Å². The number of ether oxygens (including phenoxy) is 3. The highest BCUT2D eigenvalue weighted by Gasteiger charge is 2.13. The zero-order chi connectivity index (χ0) is 25.3. The number of anilines is 1. The van der Waals surface area contributed by atoms with Crippen LogP contribution >= 0.6 is 0 Å². The van der Waals surface area contributed by atoms with Gasteiger partial charge in [0, 0.05) is 5.56 Å². The van der Waals surface area contributed by atoms with E-state index in [1.165, 1.54) is 0 Å². The molecule has 9 nitrogen and oxygen atoms in total. The first-order valence-electron chi connectivity index (χ1n) is 10.9. The first kappa shape index (κ1) is 24.0. The normalized spacial score (nSPS) is 10.6. The van der Waals surface area contributed by atoms with Crippen molar-refractivity contribution in [3.8, 4) is 34.6 Å². The quantitative estimate of drug-likeness (QED) is 0.269. The molecule has 1 aromatic heterocycles. The Morgan fingerprint density at radius 3 is 2.61 bits per heavy atom. The van der Waals surface area contributed by atoms with Crippen LogP contribution in [0.15, 0.2) is 82.7 Å². The number of benzene rings is 3. The van der Waals surface area contributed by atoms with Gasteiger partial charge in [-0.1, -0.05) is 42.5 Å². The van der Waals surface area contributed by atoms with Gasteiger partial charge in [0.2, 0.25) is 5.95 Å². The Kier molecular flexibility index (Phi) is 7.58. The van der Waals surface area contributed by atoms with Crippen molar-refractivity contribution in [2.24, 2.45) is 5.10 Å². The van der Waals surface area contributed by atoms with Crippen LogP contribution in [-0.4, -0.2) is 30.4 Å². The molecule has 0 saturated heterocycles. The maximum Gasteiger partial charge on any atom is 0.270 e. The maximum atomic E-state index is 12.4. The van der Waals surface area contributed by atoms with Crippen LogP contribution in [0.1, 0.15) is 16.7 Å². The third-order valence-corrected chi connectivity index (χ3v) is 5.18. The third kappa shape index (κ3) is 5.69. The maximum absolute atomic E-state index is 12.4. The Labute approximate surface area is 207 Å². The average Bonchev–Trinajstić information content (AvgIpc) is 2.92. The molecule has 2 N–H and O–H groups in total. The molecule has 0 aliphatic heterocycles. The predicted octanol–water partition coefficient (Wildman–Crippen LogP) is 4.35. The molecule has 9 heteroatoms. The topological polar surface area (TPSA) is 122 Å². The molecule has 3 aromatic carbocycles. The Hall–Kier alpha value is -5.10. The van der Waals surface area contributed by atoms with Crippen molar-refractivity contribution in [1.29, 1.82) is 5.26 Å². The molecule has 4 aromatic rings. The molecular formula is C27H23N5O4. The molecule has 0 aliphatic rings. The summed E-state index contributed by atoms with van der Waals surface area (Å²) in [6.45, 7) is 0.351. The standard InChI is InChI=1S/C27H23N5O4/c1-34-21-10-6-7-19(13-21)17-36-23-12-11-18(14-24(23)35-2)16-29-32-27-30-25(20-8-4-3-5-9-20)22(15-28)26(33)31-27/h3-14,16H,17H2,1-2H3,(H2,30,31,32,33). The number of hydrogen-bond acceptors (Lipinski definition) is 8. The van der Waals surface area contributed by atoms with Gasteiger partial charge in [0.05, 0.1) is 26.1 Å². The summed E-state index contributed by atoms with van der Waals surface area (Å²) in [6.07, 6.45) is 1.55. The number of hydrazone groups is 1. The first-order chi connectivity index (χ1) is 17.6. The SMILES string of the molecule is COc1cccc(COc2ccc(C=NNc3nc(-c4ccccc4)c(C#N)c(=O)[nH]3)cc2OC)c1. The van der Waals surface area contributed by atoms with E-state index in [4.69, 9.17) is 14.2 Å². The molecular weight excluding hydrogens is 458 g/mol. The lowest BCUT2D eigenvalue weighted by Gasteiger charge is -2.12. The number of H-pyrrole nitrogens is 1. The van der Waals surface area contributed by atoms with Crippen LogP contribution in [0.2, 0.25) is 0 Å². The number of aromatic nitrogens is 2. The molecule has 0 atom stereocenters. The molecule has 0 unspecified atom stereocenters. The van der Waals surface area contributed by atoms with Crippen molar-refractivity contribution in [1.82, 2.24) is 9.97 Å². The summed E-state index contributed by atoms with van der Waals surface area (Å²) in [4.78, 5) is 19.3. The molecule has 0 amide bonds. The minimum absolute atomic E-state index is 0.0648. The molecule has 0 aliphatic carbocycles.